The molecule has 0 aliphatic carbocycles. The monoisotopic (exact) mass is 232 g/mol. The fraction of sp³-hybridized carbons (Fsp3) is 0.167. The molecule has 0 fully saturated rings. The van der Waals surface area contributed by atoms with Crippen LogP contribution in [0.1, 0.15) is 12.0 Å². The largest absolute Gasteiger partial charge is 0.494 e. The summed E-state index contributed by atoms with van der Waals surface area (Å²) in [4.78, 5) is 15.2. The number of aliphatic imine (C=N–C) groups is 1. The third kappa shape index (κ3) is 2.13. The van der Waals surface area contributed by atoms with Gasteiger partial charge in [-0.2, -0.15) is 0 Å². The van der Waals surface area contributed by atoms with Gasteiger partial charge < -0.3 is 15.6 Å². The first-order chi connectivity index (χ1) is 8.11. The average Bonchev–Trinajstić information content (AvgIpc) is 2.46. The molecule has 1 aromatic carbocycles. The van der Waals surface area contributed by atoms with E-state index in [1.165, 1.54) is 7.11 Å². The molecule has 5 heteroatoms. The first-order valence-electron chi connectivity index (χ1n) is 5.05. The Balaban J connectivity index is 2.64. The van der Waals surface area contributed by atoms with Crippen LogP contribution in [0.15, 0.2) is 28.8 Å². The van der Waals surface area contributed by atoms with E-state index < -0.39 is 5.97 Å². The lowest BCUT2D eigenvalue weighted by Gasteiger charge is -2.06. The fourth-order valence-electron chi connectivity index (χ4n) is 1.69. The molecule has 0 saturated heterocycles. The van der Waals surface area contributed by atoms with Crippen molar-refractivity contribution in [1.29, 1.82) is 0 Å². The number of carbonyl (C=O) groups is 1. The van der Waals surface area contributed by atoms with Gasteiger partial charge in [0.05, 0.1) is 7.11 Å². The van der Waals surface area contributed by atoms with E-state index in [4.69, 9.17) is 15.6 Å². The second kappa shape index (κ2) is 4.29. The standard InChI is InChI=1S/C12H12N2O3/c1-17-9-4-2-3-7-5-8(12(15)16)6-10(13)14-11(7)9/h2-5H,6H2,1H3,(H2,13,14)(H,15,16). The molecule has 0 unspecified atom stereocenters. The van der Waals surface area contributed by atoms with E-state index in [1.807, 2.05) is 0 Å². The van der Waals surface area contributed by atoms with Crippen molar-refractivity contribution >= 4 is 23.6 Å². The number of carboxylic acid groups (broad SMARTS) is 1. The molecule has 5 nitrogen and oxygen atoms in total. The predicted molar refractivity (Wildman–Crippen MR) is 64.5 cm³/mol. The minimum Gasteiger partial charge on any atom is -0.494 e. The summed E-state index contributed by atoms with van der Waals surface area (Å²) in [6.45, 7) is 0. The van der Waals surface area contributed by atoms with Crippen LogP contribution in [0.25, 0.3) is 6.08 Å². The lowest BCUT2D eigenvalue weighted by atomic mass is 10.1. The maximum Gasteiger partial charge on any atom is 0.332 e. The van der Waals surface area contributed by atoms with Crippen LogP contribution in [-0.4, -0.2) is 24.0 Å². The second-order valence-electron chi connectivity index (χ2n) is 3.65. The van der Waals surface area contributed by atoms with E-state index in [0.717, 1.165) is 0 Å². The highest BCUT2D eigenvalue weighted by molar-refractivity contribution is 6.02. The topological polar surface area (TPSA) is 84.9 Å². The number of aliphatic carboxylic acids is 1. The molecule has 0 atom stereocenters. The van der Waals surface area contributed by atoms with Crippen LogP contribution in [0, 0.1) is 0 Å². The Labute approximate surface area is 98.2 Å². The summed E-state index contributed by atoms with van der Waals surface area (Å²) in [5, 5.41) is 9.02. The number of benzene rings is 1. The number of nitrogens with two attached hydrogens (primary N) is 1. The molecule has 1 aliphatic rings. The van der Waals surface area contributed by atoms with Gasteiger partial charge >= 0.3 is 5.97 Å². The highest BCUT2D eigenvalue weighted by Gasteiger charge is 2.17. The molecule has 0 aromatic heterocycles. The van der Waals surface area contributed by atoms with Crippen molar-refractivity contribution in [3.63, 3.8) is 0 Å². The van der Waals surface area contributed by atoms with Crippen molar-refractivity contribution < 1.29 is 14.6 Å². The van der Waals surface area contributed by atoms with Gasteiger partial charge in [0.15, 0.2) is 0 Å². The number of methoxy groups -OCH3 is 1. The molecule has 1 aliphatic heterocycles. The number of amidine groups is 1. The van der Waals surface area contributed by atoms with Crippen LogP contribution in [-0.2, 0) is 4.79 Å². The van der Waals surface area contributed by atoms with Crippen LogP contribution < -0.4 is 10.5 Å². The molecule has 2 rings (SSSR count). The highest BCUT2D eigenvalue weighted by Crippen LogP contribution is 2.34. The highest BCUT2D eigenvalue weighted by atomic mass is 16.5. The van der Waals surface area contributed by atoms with E-state index in [1.54, 1.807) is 24.3 Å². The van der Waals surface area contributed by atoms with Gasteiger partial charge in [-0.3, -0.25) is 0 Å². The van der Waals surface area contributed by atoms with Crippen molar-refractivity contribution in [2.75, 3.05) is 7.11 Å². The minimum atomic E-state index is -0.987. The Morgan fingerprint density at radius 1 is 1.53 bits per heavy atom. The molecule has 17 heavy (non-hydrogen) atoms. The molecular formula is C12H12N2O3. The number of nitrogens with zero attached hydrogens (tertiary/aromatic N) is 1. The molecule has 1 aromatic rings. The number of ether oxygens (including phenoxy) is 1. The molecule has 0 bridgehead atoms. The van der Waals surface area contributed by atoms with Gasteiger partial charge in [-0.05, 0) is 12.1 Å². The number of para-hydroxylation sites is 1. The molecule has 0 spiro atoms. The summed E-state index contributed by atoms with van der Waals surface area (Å²) in [7, 11) is 1.54. The van der Waals surface area contributed by atoms with E-state index >= 15 is 0 Å². The first kappa shape index (κ1) is 11.2. The third-order valence-electron chi connectivity index (χ3n) is 2.48. The number of hydrogen-bond donors (Lipinski definition) is 2. The van der Waals surface area contributed by atoms with Gasteiger partial charge in [0.1, 0.15) is 17.3 Å². The average molecular weight is 232 g/mol. The smallest absolute Gasteiger partial charge is 0.332 e. The minimum absolute atomic E-state index is 0.132. The second-order valence-corrected chi connectivity index (χ2v) is 3.65. The Hall–Kier alpha value is -2.30. The molecule has 0 amide bonds. The third-order valence-corrected chi connectivity index (χ3v) is 2.48. The SMILES string of the molecule is COc1cccc2c1N=C(N)CC(C(=O)O)=C2. The molecule has 3 N–H and O–H groups in total. The van der Waals surface area contributed by atoms with Crippen molar-refractivity contribution in [2.24, 2.45) is 10.7 Å². The van der Waals surface area contributed by atoms with Gasteiger partial charge in [0.25, 0.3) is 0 Å². The van der Waals surface area contributed by atoms with Crippen LogP contribution >= 0.6 is 0 Å². The lowest BCUT2D eigenvalue weighted by Crippen LogP contribution is -2.14. The molecule has 88 valence electrons. The Morgan fingerprint density at radius 3 is 2.94 bits per heavy atom. The van der Waals surface area contributed by atoms with E-state index in [-0.39, 0.29) is 17.8 Å². The summed E-state index contributed by atoms with van der Waals surface area (Å²) < 4.78 is 5.17. The zero-order valence-corrected chi connectivity index (χ0v) is 9.30. The molecule has 0 radical (unpaired) electrons. The Bertz CT molecular complexity index is 533. The van der Waals surface area contributed by atoms with Crippen LogP contribution in [0.4, 0.5) is 5.69 Å². The Kier molecular flexibility index (Phi) is 2.82. The van der Waals surface area contributed by atoms with Crippen molar-refractivity contribution in [2.45, 2.75) is 6.42 Å². The van der Waals surface area contributed by atoms with Gasteiger partial charge in [-0.15, -0.1) is 0 Å². The van der Waals surface area contributed by atoms with Gasteiger partial charge in [-0.25, -0.2) is 9.79 Å². The zero-order chi connectivity index (χ0) is 12.4. The molecule has 1 heterocycles. The van der Waals surface area contributed by atoms with Gasteiger partial charge in [-0.1, -0.05) is 12.1 Å². The van der Waals surface area contributed by atoms with E-state index in [0.29, 0.717) is 17.0 Å². The fourth-order valence-corrected chi connectivity index (χ4v) is 1.69. The zero-order valence-electron chi connectivity index (χ0n) is 9.30. The lowest BCUT2D eigenvalue weighted by molar-refractivity contribution is -0.132. The molecular weight excluding hydrogens is 220 g/mol. The van der Waals surface area contributed by atoms with E-state index in [2.05, 4.69) is 4.99 Å². The first-order valence-corrected chi connectivity index (χ1v) is 5.05. The van der Waals surface area contributed by atoms with Crippen molar-refractivity contribution in [3.05, 3.63) is 29.3 Å². The summed E-state index contributed by atoms with van der Waals surface area (Å²) in [6, 6.07) is 5.32. The number of hydrogen-bond acceptors (Lipinski definition) is 4. The van der Waals surface area contributed by atoms with E-state index in [9.17, 15) is 4.79 Å². The van der Waals surface area contributed by atoms with Crippen molar-refractivity contribution in [1.82, 2.24) is 0 Å². The summed E-state index contributed by atoms with van der Waals surface area (Å²) >= 11 is 0. The van der Waals surface area contributed by atoms with Gasteiger partial charge in [0.2, 0.25) is 0 Å². The number of carboxylic acids is 1. The molecule has 0 saturated carbocycles. The summed E-state index contributed by atoms with van der Waals surface area (Å²) in [6.07, 6.45) is 1.71. The summed E-state index contributed by atoms with van der Waals surface area (Å²) in [5.41, 5.74) is 7.18. The maximum atomic E-state index is 11.0. The van der Waals surface area contributed by atoms with Crippen LogP contribution in [0.3, 0.4) is 0 Å². The predicted octanol–water partition coefficient (Wildman–Crippen LogP) is 1.56. The Morgan fingerprint density at radius 2 is 2.29 bits per heavy atom. The number of fused-ring (bicyclic) bond motifs is 1. The van der Waals surface area contributed by atoms with Crippen LogP contribution in [0.5, 0.6) is 5.75 Å². The van der Waals surface area contributed by atoms with Crippen molar-refractivity contribution in [3.8, 4) is 5.75 Å². The van der Waals surface area contributed by atoms with Gasteiger partial charge in [0, 0.05) is 17.6 Å². The quantitative estimate of drug-likeness (QED) is 0.810. The normalized spacial score (nSPS) is 14.2. The van der Waals surface area contributed by atoms with Crippen LogP contribution in [0.2, 0.25) is 0 Å². The number of rotatable bonds is 2. The maximum absolute atomic E-state index is 11.0. The summed E-state index contributed by atoms with van der Waals surface area (Å²) in [5.74, 6) is -0.144.